The molecule has 1 unspecified atom stereocenters. The average molecular weight is 316 g/mol. The van der Waals surface area contributed by atoms with Crippen molar-refractivity contribution < 1.29 is 8.95 Å². The maximum atomic E-state index is 12.7. The number of hydrogen-bond donors (Lipinski definition) is 0. The smallest absolute Gasteiger partial charge is 0.119 e. The second-order valence-electron chi connectivity index (χ2n) is 4.85. The lowest BCUT2D eigenvalue weighted by Gasteiger charge is -2.04. The molecular weight excluding hydrogens is 300 g/mol. The molecule has 2 nitrogen and oxygen atoms in total. The summed E-state index contributed by atoms with van der Waals surface area (Å²) in [5, 5.41) is 1.21. The fourth-order valence-electron chi connectivity index (χ4n) is 2.35. The van der Waals surface area contributed by atoms with Crippen LogP contribution in [0.4, 0.5) is 0 Å². The molecule has 108 valence electrons. The minimum atomic E-state index is -1.03. The van der Waals surface area contributed by atoms with E-state index in [2.05, 4.69) is 19.1 Å². The maximum absolute atomic E-state index is 12.7. The van der Waals surface area contributed by atoms with Gasteiger partial charge in [0.15, 0.2) is 0 Å². The summed E-state index contributed by atoms with van der Waals surface area (Å²) in [5.41, 5.74) is 2.17. The van der Waals surface area contributed by atoms with Gasteiger partial charge in [0.05, 0.1) is 27.9 Å². The molecule has 0 radical (unpaired) electrons. The quantitative estimate of drug-likeness (QED) is 0.707. The maximum Gasteiger partial charge on any atom is 0.119 e. The highest BCUT2D eigenvalue weighted by molar-refractivity contribution is 7.86. The Hall–Kier alpha value is -1.65. The topological polar surface area (TPSA) is 26.3 Å². The number of thiophene rings is 1. The molecule has 3 aromatic rings. The number of aryl methyl sites for hydroxylation is 1. The predicted octanol–water partition coefficient (Wildman–Crippen LogP) is 4.53. The summed E-state index contributed by atoms with van der Waals surface area (Å²) in [6.45, 7) is 2.05. The van der Waals surface area contributed by atoms with Crippen molar-refractivity contribution in [1.29, 1.82) is 0 Å². The minimum absolute atomic E-state index is 0.519. The highest BCUT2D eigenvalue weighted by Gasteiger charge is 2.14. The minimum Gasteiger partial charge on any atom is -0.497 e. The monoisotopic (exact) mass is 316 g/mol. The van der Waals surface area contributed by atoms with E-state index in [0.717, 1.165) is 21.1 Å². The van der Waals surface area contributed by atoms with Crippen molar-refractivity contribution in [3.8, 4) is 5.75 Å². The molecular formula is C17H16O2S2. The molecule has 0 saturated heterocycles. The first-order chi connectivity index (χ1) is 10.2. The van der Waals surface area contributed by atoms with E-state index in [1.807, 2.05) is 36.4 Å². The number of fused-ring (bicyclic) bond motifs is 1. The Labute approximate surface area is 130 Å². The first-order valence-corrected chi connectivity index (χ1v) is 8.82. The van der Waals surface area contributed by atoms with Gasteiger partial charge < -0.3 is 4.74 Å². The molecule has 2 aromatic carbocycles. The second kappa shape index (κ2) is 6.00. The second-order valence-corrected chi connectivity index (χ2v) is 7.55. The van der Waals surface area contributed by atoms with Gasteiger partial charge in [0, 0.05) is 4.70 Å². The molecule has 1 heterocycles. The van der Waals surface area contributed by atoms with Crippen molar-refractivity contribution in [3.05, 3.63) is 59.7 Å². The molecule has 0 N–H and O–H groups in total. The normalized spacial score (nSPS) is 12.5. The lowest BCUT2D eigenvalue weighted by Crippen LogP contribution is -1.96. The van der Waals surface area contributed by atoms with E-state index >= 15 is 0 Å². The Morgan fingerprint density at radius 3 is 2.71 bits per heavy atom. The Balaban J connectivity index is 1.91. The van der Waals surface area contributed by atoms with Crippen LogP contribution >= 0.6 is 11.3 Å². The van der Waals surface area contributed by atoms with E-state index in [1.165, 1.54) is 10.1 Å². The van der Waals surface area contributed by atoms with Gasteiger partial charge in [-0.25, -0.2) is 0 Å². The summed E-state index contributed by atoms with van der Waals surface area (Å²) < 4.78 is 20.1. The van der Waals surface area contributed by atoms with Crippen molar-refractivity contribution in [2.24, 2.45) is 0 Å². The number of ether oxygens (including phenoxy) is 1. The van der Waals surface area contributed by atoms with Crippen LogP contribution in [0, 0.1) is 6.92 Å². The van der Waals surface area contributed by atoms with Crippen LogP contribution in [0.3, 0.4) is 0 Å². The number of rotatable bonds is 4. The molecule has 1 atom stereocenters. The van der Waals surface area contributed by atoms with E-state index in [1.54, 1.807) is 18.4 Å². The van der Waals surface area contributed by atoms with Gasteiger partial charge in [-0.1, -0.05) is 30.3 Å². The number of hydrogen-bond acceptors (Lipinski definition) is 3. The van der Waals surface area contributed by atoms with Crippen LogP contribution in [0.5, 0.6) is 5.75 Å². The first kappa shape index (κ1) is 14.3. The Kier molecular flexibility index (Phi) is 4.08. The Morgan fingerprint density at radius 2 is 1.95 bits per heavy atom. The van der Waals surface area contributed by atoms with Gasteiger partial charge in [-0.05, 0) is 41.6 Å². The van der Waals surface area contributed by atoms with Gasteiger partial charge in [0.25, 0.3) is 0 Å². The van der Waals surface area contributed by atoms with Gasteiger partial charge in [0.2, 0.25) is 0 Å². The van der Waals surface area contributed by atoms with Crippen LogP contribution in [0.1, 0.15) is 11.1 Å². The summed E-state index contributed by atoms with van der Waals surface area (Å²) >= 11 is 1.63. The van der Waals surface area contributed by atoms with Crippen LogP contribution in [0.2, 0.25) is 0 Å². The SMILES string of the molecule is COc1cccc(CS(=O)c2sc3ccccc3c2C)c1. The van der Waals surface area contributed by atoms with E-state index in [4.69, 9.17) is 4.74 Å². The molecule has 0 aliphatic rings. The third-order valence-corrected chi connectivity index (χ3v) is 6.63. The summed E-state index contributed by atoms with van der Waals surface area (Å²) in [6, 6.07) is 16.0. The molecule has 0 spiro atoms. The summed E-state index contributed by atoms with van der Waals surface area (Å²) in [7, 11) is 0.619. The Morgan fingerprint density at radius 1 is 1.14 bits per heavy atom. The van der Waals surface area contributed by atoms with Gasteiger partial charge >= 0.3 is 0 Å². The highest BCUT2D eigenvalue weighted by atomic mass is 32.2. The molecule has 0 fully saturated rings. The lowest BCUT2D eigenvalue weighted by atomic mass is 10.2. The largest absolute Gasteiger partial charge is 0.497 e. The zero-order chi connectivity index (χ0) is 14.8. The van der Waals surface area contributed by atoms with Gasteiger partial charge in [0.1, 0.15) is 5.75 Å². The summed E-state index contributed by atoms with van der Waals surface area (Å²) in [6.07, 6.45) is 0. The van der Waals surface area contributed by atoms with Crippen LogP contribution in [0.15, 0.2) is 52.7 Å². The molecule has 0 aliphatic carbocycles. The first-order valence-electron chi connectivity index (χ1n) is 6.68. The Bertz CT molecular complexity index is 805. The molecule has 0 bridgehead atoms. The van der Waals surface area contributed by atoms with Crippen LogP contribution in [-0.2, 0) is 16.6 Å². The molecule has 0 aliphatic heterocycles. The molecule has 0 saturated carbocycles. The fourth-order valence-corrected chi connectivity index (χ4v) is 5.17. The van der Waals surface area contributed by atoms with Crippen molar-refractivity contribution >= 4 is 32.2 Å². The zero-order valence-corrected chi connectivity index (χ0v) is 13.6. The number of methoxy groups -OCH3 is 1. The van der Waals surface area contributed by atoms with Gasteiger partial charge in [-0.15, -0.1) is 11.3 Å². The third kappa shape index (κ3) is 2.87. The van der Waals surface area contributed by atoms with E-state index in [-0.39, 0.29) is 0 Å². The van der Waals surface area contributed by atoms with E-state index in [9.17, 15) is 4.21 Å². The van der Waals surface area contributed by atoms with Crippen molar-refractivity contribution in [2.45, 2.75) is 16.9 Å². The van der Waals surface area contributed by atoms with Gasteiger partial charge in [-0.3, -0.25) is 4.21 Å². The lowest BCUT2D eigenvalue weighted by molar-refractivity contribution is 0.414. The average Bonchev–Trinajstić information content (AvgIpc) is 2.85. The summed E-state index contributed by atoms with van der Waals surface area (Å²) in [4.78, 5) is 0. The van der Waals surface area contributed by atoms with Crippen LogP contribution in [-0.4, -0.2) is 11.3 Å². The predicted molar refractivity (Wildman–Crippen MR) is 89.7 cm³/mol. The summed E-state index contributed by atoms with van der Waals surface area (Å²) in [5.74, 6) is 1.32. The number of benzene rings is 2. The molecule has 0 amide bonds. The molecule has 3 rings (SSSR count). The molecule has 21 heavy (non-hydrogen) atoms. The zero-order valence-electron chi connectivity index (χ0n) is 12.0. The van der Waals surface area contributed by atoms with Crippen LogP contribution in [0.25, 0.3) is 10.1 Å². The van der Waals surface area contributed by atoms with E-state index in [0.29, 0.717) is 5.75 Å². The third-order valence-electron chi connectivity index (χ3n) is 3.44. The standard InChI is InChI=1S/C17H16O2S2/c1-12-15-8-3-4-9-16(15)20-17(12)21(18)11-13-6-5-7-14(10-13)19-2/h3-10H,11H2,1-2H3. The molecule has 4 heteroatoms. The van der Waals surface area contributed by atoms with Crippen molar-refractivity contribution in [3.63, 3.8) is 0 Å². The van der Waals surface area contributed by atoms with Crippen molar-refractivity contribution in [1.82, 2.24) is 0 Å². The molecule has 1 aromatic heterocycles. The van der Waals surface area contributed by atoms with E-state index < -0.39 is 10.8 Å². The van der Waals surface area contributed by atoms with Crippen LogP contribution < -0.4 is 4.74 Å². The van der Waals surface area contributed by atoms with Gasteiger partial charge in [-0.2, -0.15) is 0 Å². The highest BCUT2D eigenvalue weighted by Crippen LogP contribution is 2.33. The van der Waals surface area contributed by atoms with Crippen molar-refractivity contribution in [2.75, 3.05) is 7.11 Å². The fraction of sp³-hybridized carbons (Fsp3) is 0.176.